The molecule has 0 radical (unpaired) electrons. The molecule has 0 aromatic heterocycles. The van der Waals surface area contributed by atoms with Crippen molar-refractivity contribution in [3.63, 3.8) is 0 Å². The lowest BCUT2D eigenvalue weighted by atomic mass is 10.2. The van der Waals surface area contributed by atoms with Crippen molar-refractivity contribution in [2.75, 3.05) is 7.11 Å². The van der Waals surface area contributed by atoms with Crippen LogP contribution in [0.5, 0.6) is 0 Å². The Bertz CT molecular complexity index is 175. The highest BCUT2D eigenvalue weighted by atomic mass is 16.5. The van der Waals surface area contributed by atoms with E-state index in [1.807, 2.05) is 6.92 Å². The summed E-state index contributed by atoms with van der Waals surface area (Å²) in [5.74, 6) is -0.140. The monoisotopic (exact) mass is 171 g/mol. The number of hydrogen-bond donors (Lipinski definition) is 1. The molecule has 12 heavy (non-hydrogen) atoms. The summed E-state index contributed by atoms with van der Waals surface area (Å²) in [6.07, 6.45) is 2.91. The zero-order chi connectivity index (χ0) is 9.19. The molecule has 0 aromatic carbocycles. The van der Waals surface area contributed by atoms with Gasteiger partial charge in [-0.25, -0.2) is 0 Å². The minimum absolute atomic E-state index is 0.140. The normalized spacial score (nSPS) is 21.6. The van der Waals surface area contributed by atoms with Crippen LogP contribution in [-0.4, -0.2) is 24.7 Å². The molecule has 0 bridgehead atoms. The quantitative estimate of drug-likeness (QED) is 0.643. The Morgan fingerprint density at radius 2 is 2.25 bits per heavy atom. The number of carbonyl (C=O) groups is 1. The van der Waals surface area contributed by atoms with Gasteiger partial charge in [0.05, 0.1) is 13.5 Å². The molecule has 1 fully saturated rings. The Hall–Kier alpha value is -0.570. The molecule has 1 atom stereocenters. The van der Waals surface area contributed by atoms with Crippen molar-refractivity contribution in [3.8, 4) is 0 Å². The van der Waals surface area contributed by atoms with Crippen LogP contribution in [0.3, 0.4) is 0 Å². The molecular formula is C9H17NO2. The maximum Gasteiger partial charge on any atom is 0.307 e. The van der Waals surface area contributed by atoms with Crippen LogP contribution in [0, 0.1) is 0 Å². The third kappa shape index (κ3) is 2.81. The van der Waals surface area contributed by atoms with E-state index in [1.54, 1.807) is 0 Å². The van der Waals surface area contributed by atoms with Crippen molar-refractivity contribution >= 4 is 5.97 Å². The number of ether oxygens (including phenoxy) is 1. The van der Waals surface area contributed by atoms with Gasteiger partial charge >= 0.3 is 5.97 Å². The number of esters is 1. The molecule has 0 aliphatic heterocycles. The first-order valence-corrected chi connectivity index (χ1v) is 4.40. The van der Waals surface area contributed by atoms with Crippen LogP contribution in [0.2, 0.25) is 0 Å². The predicted octanol–water partition coefficient (Wildman–Crippen LogP) is 1.08. The van der Waals surface area contributed by atoms with Crippen molar-refractivity contribution in [3.05, 3.63) is 0 Å². The summed E-state index contributed by atoms with van der Waals surface area (Å²) in [5, 5.41) is 3.39. The lowest BCUT2D eigenvalue weighted by molar-refractivity contribution is -0.141. The van der Waals surface area contributed by atoms with Crippen molar-refractivity contribution < 1.29 is 9.53 Å². The van der Waals surface area contributed by atoms with E-state index in [1.165, 1.54) is 20.0 Å². The highest BCUT2D eigenvalue weighted by Crippen LogP contribution is 2.34. The summed E-state index contributed by atoms with van der Waals surface area (Å²) in [5.41, 5.74) is 0.299. The fourth-order valence-electron chi connectivity index (χ4n) is 1.31. The fraction of sp³-hybridized carbons (Fsp3) is 0.889. The van der Waals surface area contributed by atoms with Gasteiger partial charge in [-0.3, -0.25) is 4.79 Å². The van der Waals surface area contributed by atoms with Gasteiger partial charge in [0.2, 0.25) is 0 Å². The summed E-state index contributed by atoms with van der Waals surface area (Å²) in [7, 11) is 1.42. The molecule has 0 amide bonds. The summed E-state index contributed by atoms with van der Waals surface area (Å²) >= 11 is 0. The van der Waals surface area contributed by atoms with Crippen LogP contribution < -0.4 is 5.32 Å². The smallest absolute Gasteiger partial charge is 0.307 e. The third-order valence-electron chi connectivity index (χ3n) is 2.30. The first-order chi connectivity index (χ1) is 5.56. The Labute approximate surface area is 73.5 Å². The van der Waals surface area contributed by atoms with Crippen molar-refractivity contribution in [2.24, 2.45) is 0 Å². The van der Waals surface area contributed by atoms with Gasteiger partial charge in [0.1, 0.15) is 0 Å². The Morgan fingerprint density at radius 1 is 1.67 bits per heavy atom. The van der Waals surface area contributed by atoms with Crippen LogP contribution in [0.1, 0.15) is 33.1 Å². The van der Waals surface area contributed by atoms with Gasteiger partial charge in [0.15, 0.2) is 0 Å². The lowest BCUT2D eigenvalue weighted by Crippen LogP contribution is -2.37. The van der Waals surface area contributed by atoms with Crippen LogP contribution in [-0.2, 0) is 9.53 Å². The van der Waals surface area contributed by atoms with Gasteiger partial charge in [-0.15, -0.1) is 0 Å². The van der Waals surface area contributed by atoms with Crippen LogP contribution in [0.4, 0.5) is 0 Å². The average molecular weight is 171 g/mol. The van der Waals surface area contributed by atoms with Crippen molar-refractivity contribution in [1.29, 1.82) is 0 Å². The van der Waals surface area contributed by atoms with Gasteiger partial charge in [0.25, 0.3) is 0 Å². The molecular weight excluding hydrogens is 154 g/mol. The number of carbonyl (C=O) groups excluding carboxylic acids is 1. The second-order valence-corrected chi connectivity index (χ2v) is 3.89. The molecule has 0 spiro atoms. The van der Waals surface area contributed by atoms with Gasteiger partial charge in [-0.2, -0.15) is 0 Å². The number of nitrogens with one attached hydrogen (secondary N) is 1. The molecule has 0 saturated heterocycles. The number of rotatable bonds is 4. The zero-order valence-corrected chi connectivity index (χ0v) is 8.02. The van der Waals surface area contributed by atoms with Crippen molar-refractivity contribution in [2.45, 2.75) is 44.7 Å². The van der Waals surface area contributed by atoms with E-state index >= 15 is 0 Å². The van der Waals surface area contributed by atoms with Crippen LogP contribution in [0.15, 0.2) is 0 Å². The molecule has 1 saturated carbocycles. The standard InChI is InChI=1S/C9H17NO2/c1-7(6-8(11)12-3)10-9(2)4-5-9/h7,10H,4-6H2,1-3H3. The van der Waals surface area contributed by atoms with Crippen LogP contribution in [0.25, 0.3) is 0 Å². The van der Waals surface area contributed by atoms with Crippen molar-refractivity contribution in [1.82, 2.24) is 5.32 Å². The molecule has 1 N–H and O–H groups in total. The Balaban J connectivity index is 2.19. The first kappa shape index (κ1) is 9.52. The third-order valence-corrected chi connectivity index (χ3v) is 2.30. The highest BCUT2D eigenvalue weighted by molar-refractivity contribution is 5.69. The molecule has 70 valence electrons. The molecule has 3 heteroatoms. The zero-order valence-electron chi connectivity index (χ0n) is 8.02. The Kier molecular flexibility index (Phi) is 2.73. The van der Waals surface area contributed by atoms with E-state index < -0.39 is 0 Å². The van der Waals surface area contributed by atoms with E-state index in [2.05, 4.69) is 17.0 Å². The second kappa shape index (κ2) is 3.44. The topological polar surface area (TPSA) is 38.3 Å². The van der Waals surface area contributed by atoms with Gasteiger partial charge < -0.3 is 10.1 Å². The summed E-state index contributed by atoms with van der Waals surface area (Å²) in [4.78, 5) is 10.9. The maximum absolute atomic E-state index is 10.9. The first-order valence-electron chi connectivity index (χ1n) is 4.40. The number of hydrogen-bond acceptors (Lipinski definition) is 3. The van der Waals surface area contributed by atoms with E-state index in [4.69, 9.17) is 0 Å². The second-order valence-electron chi connectivity index (χ2n) is 3.89. The summed E-state index contributed by atoms with van der Waals surface area (Å²) < 4.78 is 4.58. The highest BCUT2D eigenvalue weighted by Gasteiger charge is 2.38. The molecule has 0 aromatic rings. The molecule has 0 heterocycles. The minimum atomic E-state index is -0.140. The van der Waals surface area contributed by atoms with Crippen LogP contribution >= 0.6 is 0 Å². The lowest BCUT2D eigenvalue weighted by Gasteiger charge is -2.17. The SMILES string of the molecule is COC(=O)CC(C)NC1(C)CC1. The predicted molar refractivity (Wildman–Crippen MR) is 46.9 cm³/mol. The van der Waals surface area contributed by atoms with E-state index in [0.29, 0.717) is 12.0 Å². The molecule has 1 unspecified atom stereocenters. The van der Waals surface area contributed by atoms with E-state index in [-0.39, 0.29) is 12.0 Å². The maximum atomic E-state index is 10.9. The van der Waals surface area contributed by atoms with Gasteiger partial charge in [0, 0.05) is 11.6 Å². The van der Waals surface area contributed by atoms with E-state index in [0.717, 1.165) is 0 Å². The average Bonchev–Trinajstić information content (AvgIpc) is 2.67. The fourth-order valence-corrected chi connectivity index (χ4v) is 1.31. The van der Waals surface area contributed by atoms with Gasteiger partial charge in [-0.1, -0.05) is 0 Å². The number of methoxy groups -OCH3 is 1. The van der Waals surface area contributed by atoms with Gasteiger partial charge in [-0.05, 0) is 26.7 Å². The molecule has 1 rings (SSSR count). The Morgan fingerprint density at radius 3 is 2.67 bits per heavy atom. The minimum Gasteiger partial charge on any atom is -0.469 e. The van der Waals surface area contributed by atoms with E-state index in [9.17, 15) is 4.79 Å². The largest absolute Gasteiger partial charge is 0.469 e. The molecule has 1 aliphatic carbocycles. The summed E-state index contributed by atoms with van der Waals surface area (Å²) in [6, 6.07) is 0.227. The summed E-state index contributed by atoms with van der Waals surface area (Å²) in [6.45, 7) is 4.20. The molecule has 1 aliphatic rings. The molecule has 3 nitrogen and oxygen atoms in total.